The Morgan fingerprint density at radius 1 is 1.20 bits per heavy atom. The molecule has 0 aliphatic heterocycles. The van der Waals surface area contributed by atoms with Crippen molar-refractivity contribution in [1.82, 2.24) is 5.32 Å². The molecule has 0 unspecified atom stereocenters. The van der Waals surface area contributed by atoms with Gasteiger partial charge in [0, 0.05) is 6.54 Å². The summed E-state index contributed by atoms with van der Waals surface area (Å²) in [5.74, 6) is 0.636. The first-order valence-electron chi connectivity index (χ1n) is 7.58. The summed E-state index contributed by atoms with van der Waals surface area (Å²) in [5, 5.41) is 12.5. The number of nitrogens with one attached hydrogen (secondary N) is 1. The van der Waals surface area contributed by atoms with Crippen molar-refractivity contribution in [2.45, 2.75) is 52.9 Å². The molecule has 0 fully saturated rings. The quantitative estimate of drug-likeness (QED) is 0.705. The molecule has 0 bridgehead atoms. The van der Waals surface area contributed by atoms with Crippen LogP contribution in [0.3, 0.4) is 0 Å². The molecule has 0 saturated heterocycles. The summed E-state index contributed by atoms with van der Waals surface area (Å²) in [6.45, 7) is 7.07. The third kappa shape index (κ3) is 6.09. The monoisotopic (exact) mass is 277 g/mol. The van der Waals surface area contributed by atoms with E-state index in [2.05, 4.69) is 19.2 Å². The van der Waals surface area contributed by atoms with Gasteiger partial charge in [0.2, 0.25) is 0 Å². The molecule has 0 aliphatic carbocycles. The number of unbranched alkanes of at least 4 members (excludes halogenated alkanes) is 3. The number of carbonyl (C=O) groups is 1. The van der Waals surface area contributed by atoms with Crippen molar-refractivity contribution in [3.63, 3.8) is 0 Å². The third-order valence-electron chi connectivity index (χ3n) is 3.39. The van der Waals surface area contributed by atoms with Crippen LogP contribution in [0.4, 0.5) is 0 Å². The molecular formula is C17H27NO2. The second-order valence-electron chi connectivity index (χ2n) is 5.87. The van der Waals surface area contributed by atoms with Gasteiger partial charge in [-0.2, -0.15) is 0 Å². The summed E-state index contributed by atoms with van der Waals surface area (Å²) in [6.07, 6.45) is 5.92. The Morgan fingerprint density at radius 3 is 2.60 bits per heavy atom. The zero-order chi connectivity index (χ0) is 15.0. The van der Waals surface area contributed by atoms with Crippen molar-refractivity contribution in [3.05, 3.63) is 29.3 Å². The molecule has 1 rings (SSSR count). The Bertz CT molecular complexity index is 427. The van der Waals surface area contributed by atoms with Crippen molar-refractivity contribution in [2.24, 2.45) is 5.92 Å². The highest BCUT2D eigenvalue weighted by Gasteiger charge is 2.10. The number of hydrogen-bond acceptors (Lipinski definition) is 2. The van der Waals surface area contributed by atoms with E-state index in [9.17, 15) is 9.90 Å². The zero-order valence-corrected chi connectivity index (χ0v) is 12.9. The SMILES string of the molecule is Cc1ccc(O)c(C(=O)NCCCCCCC(C)C)c1. The molecular weight excluding hydrogens is 250 g/mol. The number of aryl methyl sites for hydroxylation is 1. The van der Waals surface area contributed by atoms with E-state index in [1.54, 1.807) is 18.2 Å². The predicted octanol–water partition coefficient (Wildman–Crippen LogP) is 4.04. The van der Waals surface area contributed by atoms with Crippen molar-refractivity contribution in [2.75, 3.05) is 6.54 Å². The minimum atomic E-state index is -0.187. The summed E-state index contributed by atoms with van der Waals surface area (Å²) in [4.78, 5) is 11.9. The molecule has 1 amide bonds. The second-order valence-corrected chi connectivity index (χ2v) is 5.87. The molecule has 20 heavy (non-hydrogen) atoms. The van der Waals surface area contributed by atoms with E-state index in [-0.39, 0.29) is 11.7 Å². The van der Waals surface area contributed by atoms with Gasteiger partial charge in [0.25, 0.3) is 5.91 Å². The van der Waals surface area contributed by atoms with Crippen LogP contribution in [-0.2, 0) is 0 Å². The second kappa shape index (κ2) is 8.62. The van der Waals surface area contributed by atoms with Gasteiger partial charge >= 0.3 is 0 Å². The Balaban J connectivity index is 2.22. The Hall–Kier alpha value is -1.51. The molecule has 0 saturated carbocycles. The zero-order valence-electron chi connectivity index (χ0n) is 12.9. The van der Waals surface area contributed by atoms with E-state index in [0.29, 0.717) is 12.1 Å². The van der Waals surface area contributed by atoms with E-state index in [4.69, 9.17) is 0 Å². The van der Waals surface area contributed by atoms with Crippen LogP contribution in [0, 0.1) is 12.8 Å². The molecule has 0 heterocycles. The molecule has 3 heteroatoms. The largest absolute Gasteiger partial charge is 0.507 e. The van der Waals surface area contributed by atoms with Crippen LogP contribution in [0.15, 0.2) is 18.2 Å². The fraction of sp³-hybridized carbons (Fsp3) is 0.588. The standard InChI is InChI=1S/C17H27NO2/c1-13(2)8-6-4-5-7-11-18-17(20)15-12-14(3)9-10-16(15)19/h9-10,12-13,19H,4-8,11H2,1-3H3,(H,18,20). The van der Waals surface area contributed by atoms with E-state index >= 15 is 0 Å². The molecule has 0 aromatic heterocycles. The molecule has 0 atom stereocenters. The fourth-order valence-electron chi connectivity index (χ4n) is 2.16. The van der Waals surface area contributed by atoms with Gasteiger partial charge in [-0.1, -0.05) is 51.2 Å². The van der Waals surface area contributed by atoms with Gasteiger partial charge in [-0.25, -0.2) is 0 Å². The Kier molecular flexibility index (Phi) is 7.13. The smallest absolute Gasteiger partial charge is 0.255 e. The highest BCUT2D eigenvalue weighted by molar-refractivity contribution is 5.96. The number of benzene rings is 1. The first-order valence-corrected chi connectivity index (χ1v) is 7.58. The lowest BCUT2D eigenvalue weighted by Gasteiger charge is -2.08. The van der Waals surface area contributed by atoms with Crippen LogP contribution in [-0.4, -0.2) is 17.6 Å². The van der Waals surface area contributed by atoms with Crippen LogP contribution in [0.25, 0.3) is 0 Å². The first kappa shape index (κ1) is 16.5. The van der Waals surface area contributed by atoms with E-state index in [1.807, 2.05) is 6.92 Å². The van der Waals surface area contributed by atoms with Gasteiger partial charge in [0.1, 0.15) is 5.75 Å². The number of amides is 1. The third-order valence-corrected chi connectivity index (χ3v) is 3.39. The number of aromatic hydroxyl groups is 1. The van der Waals surface area contributed by atoms with Crippen molar-refractivity contribution in [1.29, 1.82) is 0 Å². The topological polar surface area (TPSA) is 49.3 Å². The maximum Gasteiger partial charge on any atom is 0.255 e. The lowest BCUT2D eigenvalue weighted by Crippen LogP contribution is -2.24. The number of phenolic OH excluding ortho intramolecular Hbond substituents is 1. The number of carbonyl (C=O) groups excluding carboxylic acids is 1. The molecule has 0 radical (unpaired) electrons. The highest BCUT2D eigenvalue weighted by Crippen LogP contribution is 2.17. The highest BCUT2D eigenvalue weighted by atomic mass is 16.3. The number of phenols is 1. The molecule has 1 aromatic rings. The number of rotatable bonds is 8. The molecule has 3 nitrogen and oxygen atoms in total. The summed E-state index contributed by atoms with van der Waals surface area (Å²) in [7, 11) is 0. The first-order chi connectivity index (χ1) is 9.50. The summed E-state index contributed by atoms with van der Waals surface area (Å²) < 4.78 is 0. The molecule has 112 valence electrons. The summed E-state index contributed by atoms with van der Waals surface area (Å²) in [6, 6.07) is 5.07. The van der Waals surface area contributed by atoms with Crippen LogP contribution in [0.2, 0.25) is 0 Å². The van der Waals surface area contributed by atoms with Gasteiger partial charge in [-0.15, -0.1) is 0 Å². The van der Waals surface area contributed by atoms with Crippen LogP contribution >= 0.6 is 0 Å². The summed E-state index contributed by atoms with van der Waals surface area (Å²) >= 11 is 0. The van der Waals surface area contributed by atoms with Gasteiger partial charge in [0.15, 0.2) is 0 Å². The molecule has 1 aromatic carbocycles. The predicted molar refractivity (Wildman–Crippen MR) is 83.1 cm³/mol. The van der Waals surface area contributed by atoms with Gasteiger partial charge in [-0.05, 0) is 31.4 Å². The van der Waals surface area contributed by atoms with Crippen LogP contribution in [0.1, 0.15) is 61.9 Å². The van der Waals surface area contributed by atoms with Gasteiger partial charge in [-0.3, -0.25) is 4.79 Å². The van der Waals surface area contributed by atoms with Gasteiger partial charge < -0.3 is 10.4 Å². The van der Waals surface area contributed by atoms with Crippen molar-refractivity contribution < 1.29 is 9.90 Å². The number of hydrogen-bond donors (Lipinski definition) is 2. The van der Waals surface area contributed by atoms with Crippen molar-refractivity contribution >= 4 is 5.91 Å². The lowest BCUT2D eigenvalue weighted by atomic mass is 10.0. The normalized spacial score (nSPS) is 10.8. The lowest BCUT2D eigenvalue weighted by molar-refractivity contribution is 0.0950. The maximum atomic E-state index is 11.9. The Morgan fingerprint density at radius 2 is 1.90 bits per heavy atom. The van der Waals surface area contributed by atoms with Gasteiger partial charge in [0.05, 0.1) is 5.56 Å². The minimum absolute atomic E-state index is 0.0463. The molecule has 0 spiro atoms. The summed E-state index contributed by atoms with van der Waals surface area (Å²) in [5.41, 5.74) is 1.34. The van der Waals surface area contributed by atoms with Crippen molar-refractivity contribution in [3.8, 4) is 5.75 Å². The fourth-order valence-corrected chi connectivity index (χ4v) is 2.16. The molecule has 2 N–H and O–H groups in total. The van der Waals surface area contributed by atoms with Crippen LogP contribution < -0.4 is 5.32 Å². The molecule has 0 aliphatic rings. The maximum absolute atomic E-state index is 11.9. The van der Waals surface area contributed by atoms with E-state index < -0.39 is 0 Å². The average Bonchev–Trinajstić information content (AvgIpc) is 2.39. The van der Waals surface area contributed by atoms with E-state index in [0.717, 1.165) is 24.3 Å². The van der Waals surface area contributed by atoms with Crippen LogP contribution in [0.5, 0.6) is 5.75 Å². The van der Waals surface area contributed by atoms with E-state index in [1.165, 1.54) is 19.3 Å². The Labute approximate surface area is 122 Å². The average molecular weight is 277 g/mol. The minimum Gasteiger partial charge on any atom is -0.507 e.